The first-order chi connectivity index (χ1) is 12.9. The van der Waals surface area contributed by atoms with Crippen molar-refractivity contribution in [3.05, 3.63) is 56.9 Å². The average molecular weight is 372 g/mol. The second-order valence-electron chi connectivity index (χ2n) is 6.74. The summed E-state index contributed by atoms with van der Waals surface area (Å²) in [5.41, 5.74) is 0.432. The van der Waals surface area contributed by atoms with Crippen LogP contribution in [0, 0.1) is 0 Å². The first-order valence-corrected chi connectivity index (χ1v) is 8.87. The largest absolute Gasteiger partial charge is 0.497 e. The van der Waals surface area contributed by atoms with Gasteiger partial charge >= 0.3 is 5.69 Å². The van der Waals surface area contributed by atoms with Crippen molar-refractivity contribution in [2.75, 3.05) is 25.1 Å². The van der Waals surface area contributed by atoms with Crippen molar-refractivity contribution < 1.29 is 9.53 Å². The Kier molecular flexibility index (Phi) is 5.34. The van der Waals surface area contributed by atoms with E-state index in [-0.39, 0.29) is 23.2 Å². The molecule has 0 atom stereocenters. The maximum atomic E-state index is 12.4. The van der Waals surface area contributed by atoms with Crippen molar-refractivity contribution in [2.45, 2.75) is 18.9 Å². The molecule has 0 bridgehead atoms. The average Bonchev–Trinajstić information content (AvgIpc) is 2.70. The van der Waals surface area contributed by atoms with Gasteiger partial charge in [0.05, 0.1) is 7.11 Å². The number of carbonyl (C=O) groups excluding carboxylic acids is 1. The summed E-state index contributed by atoms with van der Waals surface area (Å²) in [6.07, 6.45) is 3.03. The summed E-state index contributed by atoms with van der Waals surface area (Å²) in [6.45, 7) is 1.27. The number of nitrogens with one attached hydrogen (secondary N) is 1. The lowest BCUT2D eigenvalue weighted by molar-refractivity contribution is 0.0930. The first-order valence-electron chi connectivity index (χ1n) is 8.87. The molecule has 8 heteroatoms. The van der Waals surface area contributed by atoms with Crippen LogP contribution in [-0.2, 0) is 14.1 Å². The van der Waals surface area contributed by atoms with Crippen LogP contribution in [0.2, 0.25) is 0 Å². The van der Waals surface area contributed by atoms with Crippen molar-refractivity contribution in [1.29, 1.82) is 0 Å². The molecule has 0 spiro atoms. The Balaban J connectivity index is 1.65. The molecule has 0 radical (unpaired) electrons. The quantitative estimate of drug-likeness (QED) is 0.844. The Morgan fingerprint density at radius 3 is 2.56 bits per heavy atom. The molecule has 8 nitrogen and oxygen atoms in total. The Bertz CT molecular complexity index is 955. The highest BCUT2D eigenvalue weighted by Gasteiger charge is 2.24. The topological polar surface area (TPSA) is 85.6 Å². The molecule has 1 N–H and O–H groups in total. The fourth-order valence-corrected chi connectivity index (χ4v) is 3.30. The molecule has 0 aliphatic carbocycles. The number of hydrogen-bond acceptors (Lipinski definition) is 5. The molecule has 27 heavy (non-hydrogen) atoms. The van der Waals surface area contributed by atoms with Crippen molar-refractivity contribution in [1.82, 2.24) is 14.5 Å². The molecule has 1 fully saturated rings. The third kappa shape index (κ3) is 3.89. The number of aryl methyl sites for hydroxylation is 1. The zero-order valence-corrected chi connectivity index (χ0v) is 15.8. The lowest BCUT2D eigenvalue weighted by atomic mass is 10.0. The number of hydrogen-bond donors (Lipinski definition) is 1. The molecule has 0 unspecified atom stereocenters. The Labute approximate surface area is 157 Å². The van der Waals surface area contributed by atoms with Crippen LogP contribution in [0.3, 0.4) is 0 Å². The fraction of sp³-hybridized carbons (Fsp3) is 0.421. The van der Waals surface area contributed by atoms with Gasteiger partial charge in [-0.2, -0.15) is 0 Å². The zero-order valence-electron chi connectivity index (χ0n) is 15.8. The third-order valence-electron chi connectivity index (χ3n) is 4.93. The fourth-order valence-electron chi connectivity index (χ4n) is 3.30. The Morgan fingerprint density at radius 2 is 1.89 bits per heavy atom. The number of nitrogens with zero attached hydrogens (tertiary/aromatic N) is 3. The minimum Gasteiger partial charge on any atom is -0.497 e. The first kappa shape index (κ1) is 18.8. The SMILES string of the molecule is COc1cccc(C(=O)NC2CCN(c3cn(C)c(=O)n(C)c3=O)CC2)c1. The second-order valence-corrected chi connectivity index (χ2v) is 6.74. The molecule has 0 saturated carbocycles. The van der Waals surface area contributed by atoms with Gasteiger partial charge in [-0.1, -0.05) is 6.07 Å². The molecule has 2 heterocycles. The summed E-state index contributed by atoms with van der Waals surface area (Å²) in [5.74, 6) is 0.508. The standard InChI is InChI=1S/C19H24N4O4/c1-21-12-16(18(25)22(2)19(21)26)23-9-7-14(8-10-23)20-17(24)13-5-4-6-15(11-13)27-3/h4-6,11-12,14H,7-10H2,1-3H3,(H,20,24). The van der Waals surface area contributed by atoms with Crippen molar-refractivity contribution in [2.24, 2.45) is 14.1 Å². The minimum atomic E-state index is -0.343. The van der Waals surface area contributed by atoms with Crippen LogP contribution in [0.1, 0.15) is 23.2 Å². The minimum absolute atomic E-state index is 0.0383. The van der Waals surface area contributed by atoms with Crippen LogP contribution in [0.5, 0.6) is 5.75 Å². The maximum absolute atomic E-state index is 12.4. The van der Waals surface area contributed by atoms with Gasteiger partial charge in [-0.3, -0.25) is 14.2 Å². The number of piperidine rings is 1. The molecule has 2 aromatic rings. The van der Waals surface area contributed by atoms with Gasteiger partial charge in [0.2, 0.25) is 0 Å². The van der Waals surface area contributed by atoms with E-state index in [1.165, 1.54) is 11.6 Å². The number of amides is 1. The molecule has 1 aliphatic rings. The van der Waals surface area contributed by atoms with E-state index in [0.717, 1.165) is 17.4 Å². The number of carbonyl (C=O) groups is 1. The smallest absolute Gasteiger partial charge is 0.330 e. The Morgan fingerprint density at radius 1 is 1.19 bits per heavy atom. The van der Waals surface area contributed by atoms with Gasteiger partial charge in [-0.25, -0.2) is 4.79 Å². The van der Waals surface area contributed by atoms with Crippen molar-refractivity contribution >= 4 is 11.6 Å². The van der Waals surface area contributed by atoms with Gasteiger partial charge in [0, 0.05) is 45.0 Å². The van der Waals surface area contributed by atoms with Crippen molar-refractivity contribution in [3.8, 4) is 5.75 Å². The van der Waals surface area contributed by atoms with Crippen LogP contribution >= 0.6 is 0 Å². The summed E-state index contributed by atoms with van der Waals surface area (Å²) >= 11 is 0. The number of ether oxygens (including phenoxy) is 1. The van der Waals surface area contributed by atoms with E-state index < -0.39 is 0 Å². The highest BCUT2D eigenvalue weighted by atomic mass is 16.5. The van der Waals surface area contributed by atoms with E-state index in [1.807, 2.05) is 4.90 Å². The molecule has 1 aromatic heterocycles. The van der Waals surface area contributed by atoms with E-state index in [1.54, 1.807) is 44.6 Å². The van der Waals surface area contributed by atoms with Crippen LogP contribution in [0.25, 0.3) is 0 Å². The summed E-state index contributed by atoms with van der Waals surface area (Å²) in [6, 6.07) is 7.07. The molecule has 1 aromatic carbocycles. The van der Waals surface area contributed by atoms with Gasteiger partial charge in [0.25, 0.3) is 11.5 Å². The molecule has 1 aliphatic heterocycles. The van der Waals surface area contributed by atoms with E-state index in [4.69, 9.17) is 4.74 Å². The van der Waals surface area contributed by atoms with Gasteiger partial charge in [0.15, 0.2) is 0 Å². The van der Waals surface area contributed by atoms with Gasteiger partial charge in [-0.15, -0.1) is 0 Å². The number of anilines is 1. The number of rotatable bonds is 4. The molecule has 1 amide bonds. The summed E-state index contributed by atoms with van der Waals surface area (Å²) in [4.78, 5) is 38.6. The monoisotopic (exact) mass is 372 g/mol. The summed E-state index contributed by atoms with van der Waals surface area (Å²) < 4.78 is 7.68. The van der Waals surface area contributed by atoms with E-state index in [2.05, 4.69) is 5.32 Å². The number of methoxy groups -OCH3 is 1. The van der Waals surface area contributed by atoms with Crippen LogP contribution in [-0.4, -0.2) is 41.3 Å². The molecule has 144 valence electrons. The van der Waals surface area contributed by atoms with Crippen molar-refractivity contribution in [3.63, 3.8) is 0 Å². The van der Waals surface area contributed by atoms with Crippen LogP contribution in [0.15, 0.2) is 40.1 Å². The number of aromatic nitrogens is 2. The van der Waals surface area contributed by atoms with E-state index in [0.29, 0.717) is 30.1 Å². The second kappa shape index (κ2) is 7.69. The van der Waals surface area contributed by atoms with E-state index >= 15 is 0 Å². The lowest BCUT2D eigenvalue weighted by Crippen LogP contribution is -2.47. The third-order valence-corrected chi connectivity index (χ3v) is 4.93. The lowest BCUT2D eigenvalue weighted by Gasteiger charge is -2.33. The molecule has 1 saturated heterocycles. The summed E-state index contributed by atoms with van der Waals surface area (Å²) in [5, 5.41) is 3.05. The number of benzene rings is 1. The molecular formula is C19H24N4O4. The summed E-state index contributed by atoms with van der Waals surface area (Å²) in [7, 11) is 4.68. The van der Waals surface area contributed by atoms with Crippen LogP contribution < -0.4 is 26.2 Å². The zero-order chi connectivity index (χ0) is 19.6. The normalized spacial score (nSPS) is 14.9. The maximum Gasteiger partial charge on any atom is 0.330 e. The predicted octanol–water partition coefficient (Wildman–Crippen LogP) is 0.491. The highest BCUT2D eigenvalue weighted by Crippen LogP contribution is 2.17. The Hall–Kier alpha value is -3.03. The van der Waals surface area contributed by atoms with Crippen LogP contribution in [0.4, 0.5) is 5.69 Å². The molecule has 3 rings (SSSR count). The van der Waals surface area contributed by atoms with E-state index in [9.17, 15) is 14.4 Å². The highest BCUT2D eigenvalue weighted by molar-refractivity contribution is 5.94. The molecular weight excluding hydrogens is 348 g/mol. The van der Waals surface area contributed by atoms with Gasteiger partial charge in [-0.05, 0) is 31.0 Å². The predicted molar refractivity (Wildman–Crippen MR) is 103 cm³/mol. The van der Waals surface area contributed by atoms with Gasteiger partial charge < -0.3 is 19.5 Å². The van der Waals surface area contributed by atoms with Gasteiger partial charge in [0.1, 0.15) is 11.4 Å².